The van der Waals surface area contributed by atoms with E-state index in [4.69, 9.17) is 41.2 Å². The summed E-state index contributed by atoms with van der Waals surface area (Å²) in [6.45, 7) is 0.627. The molecule has 2 N–H and O–H groups in total. The Hall–Kier alpha value is -0.840. The van der Waals surface area contributed by atoms with Gasteiger partial charge in [0.05, 0.1) is 26.6 Å². The lowest BCUT2D eigenvalue weighted by molar-refractivity contribution is 0.0682. The van der Waals surface area contributed by atoms with Crippen LogP contribution in [0.15, 0.2) is 18.2 Å². The van der Waals surface area contributed by atoms with Crippen LogP contribution in [0, 0.1) is 0 Å². The maximum atomic E-state index is 12.6. The van der Waals surface area contributed by atoms with Gasteiger partial charge < -0.3 is 10.6 Å². The van der Waals surface area contributed by atoms with Crippen LogP contribution in [0.5, 0.6) is 0 Å². The number of hydrogen-bond donors (Lipinski definition) is 1. The fourth-order valence-electron chi connectivity index (χ4n) is 2.32. The second-order valence-electron chi connectivity index (χ2n) is 4.51. The number of piperidine rings is 1. The maximum absolute atomic E-state index is 12.6. The third-order valence-electron chi connectivity index (χ3n) is 3.27. The lowest BCUT2D eigenvalue weighted by Crippen LogP contribution is -2.49. The summed E-state index contributed by atoms with van der Waals surface area (Å²) in [7, 11) is 0. The monoisotopic (exact) mass is 316 g/mol. The number of amides is 1. The van der Waals surface area contributed by atoms with Crippen molar-refractivity contribution in [2.45, 2.75) is 25.3 Å². The summed E-state index contributed by atoms with van der Waals surface area (Å²) in [4.78, 5) is 14.6. The molecule has 3 nitrogen and oxygen atoms in total. The van der Waals surface area contributed by atoms with E-state index in [2.05, 4.69) is 0 Å². The molecule has 1 aliphatic rings. The zero-order chi connectivity index (χ0) is 14.0. The van der Waals surface area contributed by atoms with Crippen LogP contribution in [-0.4, -0.2) is 28.4 Å². The molecule has 1 unspecified atom stereocenters. The Morgan fingerprint density at radius 1 is 1.32 bits per heavy atom. The van der Waals surface area contributed by atoms with Crippen molar-refractivity contribution < 1.29 is 4.79 Å². The topological polar surface area (TPSA) is 46.3 Å². The molecule has 0 bridgehead atoms. The van der Waals surface area contributed by atoms with Crippen LogP contribution in [0.25, 0.3) is 0 Å². The third kappa shape index (κ3) is 3.02. The van der Waals surface area contributed by atoms with Gasteiger partial charge in [-0.05, 0) is 31.4 Å². The number of halogens is 2. The number of thiocarbonyl (C=S) groups is 1. The predicted molar refractivity (Wildman–Crippen MR) is 81.9 cm³/mol. The highest BCUT2D eigenvalue weighted by Gasteiger charge is 2.31. The molecular formula is C13H14Cl2N2OS. The number of nitrogens with zero attached hydrogens (tertiary/aromatic N) is 1. The van der Waals surface area contributed by atoms with Crippen molar-refractivity contribution >= 4 is 46.3 Å². The fraction of sp³-hybridized carbons (Fsp3) is 0.385. The summed E-state index contributed by atoms with van der Waals surface area (Å²) in [6.07, 6.45) is 2.75. The molecule has 0 saturated carbocycles. The number of carbonyl (C=O) groups is 1. The average Bonchev–Trinajstić information content (AvgIpc) is 2.38. The van der Waals surface area contributed by atoms with Crippen LogP contribution in [0.4, 0.5) is 0 Å². The van der Waals surface area contributed by atoms with E-state index in [1.54, 1.807) is 23.1 Å². The van der Waals surface area contributed by atoms with Crippen LogP contribution in [0.1, 0.15) is 29.6 Å². The predicted octanol–water partition coefficient (Wildman–Crippen LogP) is 3.27. The van der Waals surface area contributed by atoms with E-state index in [1.165, 1.54) is 0 Å². The normalized spacial score (nSPS) is 19.3. The summed E-state index contributed by atoms with van der Waals surface area (Å²) in [6, 6.07) is 4.81. The number of hydrogen-bond acceptors (Lipinski definition) is 2. The van der Waals surface area contributed by atoms with E-state index < -0.39 is 0 Å². The summed E-state index contributed by atoms with van der Waals surface area (Å²) >= 11 is 17.2. The van der Waals surface area contributed by atoms with Gasteiger partial charge in [0.15, 0.2) is 0 Å². The zero-order valence-electron chi connectivity index (χ0n) is 10.2. The number of nitrogens with two attached hydrogens (primary N) is 1. The minimum Gasteiger partial charge on any atom is -0.392 e. The largest absolute Gasteiger partial charge is 0.392 e. The second kappa shape index (κ2) is 6.07. The molecular weight excluding hydrogens is 303 g/mol. The highest BCUT2D eigenvalue weighted by molar-refractivity contribution is 7.80. The number of benzene rings is 1. The van der Waals surface area contributed by atoms with E-state index >= 15 is 0 Å². The Balaban J connectivity index is 2.34. The Morgan fingerprint density at radius 2 is 1.95 bits per heavy atom. The molecule has 1 amide bonds. The van der Waals surface area contributed by atoms with Gasteiger partial charge in [-0.3, -0.25) is 4.79 Å². The Labute approximate surface area is 127 Å². The van der Waals surface area contributed by atoms with Crippen LogP contribution < -0.4 is 5.73 Å². The number of rotatable bonds is 2. The van der Waals surface area contributed by atoms with Crippen molar-refractivity contribution in [3.63, 3.8) is 0 Å². The van der Waals surface area contributed by atoms with Gasteiger partial charge in [0.1, 0.15) is 0 Å². The van der Waals surface area contributed by atoms with Crippen LogP contribution in [0.2, 0.25) is 10.0 Å². The summed E-state index contributed by atoms with van der Waals surface area (Å²) < 4.78 is 0. The molecule has 1 aromatic rings. The molecule has 1 atom stereocenters. The highest BCUT2D eigenvalue weighted by atomic mass is 35.5. The van der Waals surface area contributed by atoms with Gasteiger partial charge in [-0.2, -0.15) is 0 Å². The van der Waals surface area contributed by atoms with Crippen molar-refractivity contribution in [1.29, 1.82) is 0 Å². The lowest BCUT2D eigenvalue weighted by atomic mass is 10.0. The number of carbonyl (C=O) groups excluding carboxylic acids is 1. The van der Waals surface area contributed by atoms with Crippen molar-refractivity contribution in [3.8, 4) is 0 Å². The third-order valence-corrected chi connectivity index (χ3v) is 4.17. The molecule has 0 aliphatic carbocycles. The first-order valence-corrected chi connectivity index (χ1v) is 7.23. The molecule has 0 radical (unpaired) electrons. The quantitative estimate of drug-likeness (QED) is 0.852. The van der Waals surface area contributed by atoms with E-state index in [0.717, 1.165) is 19.3 Å². The first kappa shape index (κ1) is 14.6. The first-order chi connectivity index (χ1) is 9.02. The van der Waals surface area contributed by atoms with E-state index in [1.807, 2.05) is 0 Å². The van der Waals surface area contributed by atoms with Gasteiger partial charge in [0.25, 0.3) is 5.91 Å². The van der Waals surface area contributed by atoms with Crippen LogP contribution >= 0.6 is 35.4 Å². The summed E-state index contributed by atoms with van der Waals surface area (Å²) in [5.74, 6) is -0.201. The van der Waals surface area contributed by atoms with Gasteiger partial charge in [0, 0.05) is 6.54 Å². The molecule has 19 heavy (non-hydrogen) atoms. The van der Waals surface area contributed by atoms with Crippen molar-refractivity contribution in [2.75, 3.05) is 6.54 Å². The minimum absolute atomic E-state index is 0.201. The van der Waals surface area contributed by atoms with Gasteiger partial charge in [-0.1, -0.05) is 41.5 Å². The molecule has 0 spiro atoms. The van der Waals surface area contributed by atoms with Crippen LogP contribution in [0.3, 0.4) is 0 Å². The number of likely N-dealkylation sites (tertiary alicyclic amines) is 1. The van der Waals surface area contributed by atoms with Gasteiger partial charge in [-0.25, -0.2) is 0 Å². The molecule has 1 aromatic carbocycles. The second-order valence-corrected chi connectivity index (χ2v) is 5.79. The van der Waals surface area contributed by atoms with E-state index in [9.17, 15) is 4.79 Å². The smallest absolute Gasteiger partial charge is 0.257 e. The van der Waals surface area contributed by atoms with Gasteiger partial charge in [-0.15, -0.1) is 0 Å². The van der Waals surface area contributed by atoms with E-state index in [-0.39, 0.29) is 11.9 Å². The molecule has 1 heterocycles. The standard InChI is InChI=1S/C13H14Cl2N2OS/c14-8-4-3-5-9(15)11(8)13(18)17-7-2-1-6-10(17)12(16)19/h3-5,10H,1-2,6-7H2,(H2,16,19). The first-order valence-electron chi connectivity index (χ1n) is 6.06. The SMILES string of the molecule is NC(=S)C1CCCCN1C(=O)c1c(Cl)cccc1Cl. The van der Waals surface area contributed by atoms with Gasteiger partial charge in [0.2, 0.25) is 0 Å². The van der Waals surface area contributed by atoms with Crippen molar-refractivity contribution in [2.24, 2.45) is 5.73 Å². The molecule has 0 aromatic heterocycles. The maximum Gasteiger partial charge on any atom is 0.257 e. The summed E-state index contributed by atoms with van der Waals surface area (Å²) in [5.41, 5.74) is 6.05. The Morgan fingerprint density at radius 3 is 2.53 bits per heavy atom. The summed E-state index contributed by atoms with van der Waals surface area (Å²) in [5, 5.41) is 0.703. The van der Waals surface area contributed by atoms with E-state index in [0.29, 0.717) is 27.1 Å². The Bertz CT molecular complexity index is 501. The van der Waals surface area contributed by atoms with Crippen molar-refractivity contribution in [1.82, 2.24) is 4.90 Å². The fourth-order valence-corrected chi connectivity index (χ4v) is 3.12. The van der Waals surface area contributed by atoms with Crippen molar-refractivity contribution in [3.05, 3.63) is 33.8 Å². The molecule has 1 aliphatic heterocycles. The molecule has 102 valence electrons. The van der Waals surface area contributed by atoms with Crippen LogP contribution in [-0.2, 0) is 0 Å². The molecule has 1 saturated heterocycles. The lowest BCUT2D eigenvalue weighted by Gasteiger charge is -2.35. The zero-order valence-corrected chi connectivity index (χ0v) is 12.6. The molecule has 6 heteroatoms. The Kier molecular flexibility index (Phi) is 4.66. The highest BCUT2D eigenvalue weighted by Crippen LogP contribution is 2.28. The average molecular weight is 317 g/mol. The molecule has 1 fully saturated rings. The molecule has 2 rings (SSSR count). The minimum atomic E-state index is -0.205. The van der Waals surface area contributed by atoms with Gasteiger partial charge >= 0.3 is 0 Å².